The number of nitrogens with one attached hydrogen (secondary N) is 1. The lowest BCUT2D eigenvalue weighted by molar-refractivity contribution is -0.115. The molecule has 0 spiro atoms. The van der Waals surface area contributed by atoms with E-state index in [-0.39, 0.29) is 4.91 Å². The lowest BCUT2D eigenvalue weighted by Crippen LogP contribution is -2.18. The molecule has 1 fully saturated rings. The van der Waals surface area contributed by atoms with Crippen molar-refractivity contribution in [1.29, 1.82) is 0 Å². The van der Waals surface area contributed by atoms with Crippen molar-refractivity contribution in [2.75, 3.05) is 0 Å². The zero-order valence-electron chi connectivity index (χ0n) is 5.09. The van der Waals surface area contributed by atoms with Crippen molar-refractivity contribution < 1.29 is 14.4 Å². The van der Waals surface area contributed by atoms with Gasteiger partial charge in [0.25, 0.3) is 11.1 Å². The molecule has 4 nitrogen and oxygen atoms in total. The topological polar surface area (TPSA) is 63.2 Å². The number of imide groups is 1. The fraction of sp³-hybridized carbons (Fsp3) is 0. The molecule has 1 heterocycles. The third-order valence-electron chi connectivity index (χ3n) is 0.887. The Bertz CT molecular complexity index is 273. The van der Waals surface area contributed by atoms with E-state index in [1.807, 2.05) is 5.32 Å². The van der Waals surface area contributed by atoms with Crippen molar-refractivity contribution in [3.63, 3.8) is 0 Å². The zero-order chi connectivity index (χ0) is 8.43. The Morgan fingerprint density at radius 3 is 2.55 bits per heavy atom. The van der Waals surface area contributed by atoms with E-state index in [1.54, 1.807) is 0 Å². The summed E-state index contributed by atoms with van der Waals surface area (Å²) < 4.78 is 0. The Labute approximate surface area is 71.0 Å². The molecule has 1 aliphatic rings. The van der Waals surface area contributed by atoms with Crippen molar-refractivity contribution in [3.05, 3.63) is 11.0 Å². The molecule has 11 heavy (non-hydrogen) atoms. The van der Waals surface area contributed by atoms with Crippen molar-refractivity contribution in [2.45, 2.75) is 0 Å². The molecule has 0 aliphatic carbocycles. The minimum absolute atomic E-state index is 0.0370. The molecular weight excluding hydrogens is 190 g/mol. The monoisotopic (exact) mass is 191 g/mol. The normalized spacial score (nSPS) is 20.6. The number of carbonyl (C=O) groups excluding carboxylic acids is 3. The van der Waals surface area contributed by atoms with E-state index in [2.05, 4.69) is 0 Å². The smallest absolute Gasteiger partial charge is 0.282 e. The first-order chi connectivity index (χ1) is 5.09. The third-order valence-corrected chi connectivity index (χ3v) is 1.81. The van der Waals surface area contributed by atoms with Crippen LogP contribution >= 0.6 is 23.4 Å². The number of carbonyl (C=O) groups is 3. The van der Waals surface area contributed by atoms with E-state index in [4.69, 9.17) is 11.6 Å². The molecule has 1 N–H and O–H groups in total. The van der Waals surface area contributed by atoms with Gasteiger partial charge >= 0.3 is 0 Å². The number of halogens is 1. The molecule has 1 rings (SSSR count). The Morgan fingerprint density at radius 1 is 1.55 bits per heavy atom. The van der Waals surface area contributed by atoms with E-state index < -0.39 is 16.4 Å². The highest BCUT2D eigenvalue weighted by molar-refractivity contribution is 8.18. The van der Waals surface area contributed by atoms with Crippen LogP contribution in [0.15, 0.2) is 11.0 Å². The summed E-state index contributed by atoms with van der Waals surface area (Å²) in [6.07, 6.45) is 0.909. The molecule has 0 aromatic heterocycles. The minimum atomic E-state index is -0.766. The number of rotatable bonds is 1. The highest BCUT2D eigenvalue weighted by atomic mass is 35.5. The first kappa shape index (κ1) is 8.29. The predicted octanol–water partition coefficient (Wildman–Crippen LogP) is 0.619. The van der Waals surface area contributed by atoms with Crippen molar-refractivity contribution in [1.82, 2.24) is 5.32 Å². The van der Waals surface area contributed by atoms with E-state index >= 15 is 0 Å². The molecule has 1 aliphatic heterocycles. The van der Waals surface area contributed by atoms with Gasteiger partial charge in [-0.15, -0.1) is 0 Å². The summed E-state index contributed by atoms with van der Waals surface area (Å²) in [6.45, 7) is 0. The number of allylic oxidation sites excluding steroid dienone is 1. The quantitative estimate of drug-likeness (QED) is 0.488. The van der Waals surface area contributed by atoms with Gasteiger partial charge in [-0.3, -0.25) is 19.7 Å². The average Bonchev–Trinajstić information content (AvgIpc) is 2.09. The SMILES string of the molecule is O=C(Cl)/C=C1\SC(=O)NC1=O. The van der Waals surface area contributed by atoms with Crippen molar-refractivity contribution >= 4 is 39.8 Å². The molecule has 0 bridgehead atoms. The molecule has 1 saturated heterocycles. The average molecular weight is 192 g/mol. The lowest BCUT2D eigenvalue weighted by atomic mass is 10.5. The zero-order valence-corrected chi connectivity index (χ0v) is 6.66. The van der Waals surface area contributed by atoms with Gasteiger partial charge < -0.3 is 0 Å². The number of thioether (sulfide) groups is 1. The first-order valence-corrected chi connectivity index (χ1v) is 3.73. The second kappa shape index (κ2) is 3.06. The fourth-order valence-corrected chi connectivity index (χ4v) is 1.35. The standard InChI is InChI=1S/C5H2ClNO3S/c6-3(8)1-2-4(9)7-5(10)11-2/h1H,(H,7,9,10)/b2-1-. The number of hydrogen-bond donors (Lipinski definition) is 1. The first-order valence-electron chi connectivity index (χ1n) is 2.54. The molecule has 0 atom stereocenters. The van der Waals surface area contributed by atoms with Crippen LogP contribution in [-0.4, -0.2) is 16.4 Å². The summed E-state index contributed by atoms with van der Waals surface area (Å²) in [5, 5.41) is 0.725. The molecule has 0 unspecified atom stereocenters. The highest BCUT2D eigenvalue weighted by Crippen LogP contribution is 2.22. The third kappa shape index (κ3) is 2.06. The molecule has 0 saturated carbocycles. The second-order valence-corrected chi connectivity index (χ2v) is 3.04. The van der Waals surface area contributed by atoms with Gasteiger partial charge in [0.2, 0.25) is 5.24 Å². The summed E-state index contributed by atoms with van der Waals surface area (Å²) in [4.78, 5) is 31.4. The molecular formula is C5H2ClNO3S. The van der Waals surface area contributed by atoms with Gasteiger partial charge in [0.1, 0.15) is 0 Å². The van der Waals surface area contributed by atoms with Gasteiger partial charge in [-0.25, -0.2) is 0 Å². The molecule has 58 valence electrons. The van der Waals surface area contributed by atoms with Crippen molar-refractivity contribution in [2.24, 2.45) is 0 Å². The largest absolute Gasteiger partial charge is 0.290 e. The molecule has 6 heteroatoms. The van der Waals surface area contributed by atoms with Gasteiger partial charge in [0.15, 0.2) is 0 Å². The molecule has 0 aromatic rings. The van der Waals surface area contributed by atoms with Gasteiger partial charge in [-0.2, -0.15) is 0 Å². The van der Waals surface area contributed by atoms with Gasteiger partial charge in [0, 0.05) is 6.08 Å². The van der Waals surface area contributed by atoms with Gasteiger partial charge in [-0.1, -0.05) is 0 Å². The van der Waals surface area contributed by atoms with E-state index in [1.165, 1.54) is 0 Å². The maximum absolute atomic E-state index is 10.7. The Balaban J connectivity index is 2.83. The van der Waals surface area contributed by atoms with Crippen LogP contribution in [0.1, 0.15) is 0 Å². The predicted molar refractivity (Wildman–Crippen MR) is 40.1 cm³/mol. The van der Waals surface area contributed by atoms with Crippen LogP contribution in [0, 0.1) is 0 Å². The molecule has 2 amide bonds. The summed E-state index contributed by atoms with van der Waals surface area (Å²) in [5.74, 6) is -0.575. The Hall–Kier alpha value is -0.810. The lowest BCUT2D eigenvalue weighted by Gasteiger charge is -1.83. The van der Waals surface area contributed by atoms with Crippen LogP contribution in [0.25, 0.3) is 0 Å². The maximum atomic E-state index is 10.7. The highest BCUT2D eigenvalue weighted by Gasteiger charge is 2.25. The van der Waals surface area contributed by atoms with Gasteiger partial charge in [0.05, 0.1) is 4.91 Å². The maximum Gasteiger partial charge on any atom is 0.290 e. The second-order valence-electron chi connectivity index (χ2n) is 1.66. The van der Waals surface area contributed by atoms with Crippen LogP contribution in [0.2, 0.25) is 0 Å². The Kier molecular flexibility index (Phi) is 2.31. The van der Waals surface area contributed by atoms with E-state index in [0.717, 1.165) is 6.08 Å². The summed E-state index contributed by atoms with van der Waals surface area (Å²) in [5.41, 5.74) is 0. The summed E-state index contributed by atoms with van der Waals surface area (Å²) in [6, 6.07) is 0. The molecule has 0 aromatic carbocycles. The summed E-state index contributed by atoms with van der Waals surface area (Å²) in [7, 11) is 0. The number of hydrogen-bond acceptors (Lipinski definition) is 4. The van der Waals surface area contributed by atoms with Crippen LogP contribution < -0.4 is 5.32 Å². The minimum Gasteiger partial charge on any atom is -0.282 e. The summed E-state index contributed by atoms with van der Waals surface area (Å²) >= 11 is 5.61. The van der Waals surface area contributed by atoms with E-state index in [9.17, 15) is 14.4 Å². The van der Waals surface area contributed by atoms with Crippen molar-refractivity contribution in [3.8, 4) is 0 Å². The van der Waals surface area contributed by atoms with Crippen LogP contribution in [0.4, 0.5) is 4.79 Å². The van der Waals surface area contributed by atoms with Gasteiger partial charge in [-0.05, 0) is 23.4 Å². The number of amides is 2. The van der Waals surface area contributed by atoms with Crippen LogP contribution in [0.5, 0.6) is 0 Å². The van der Waals surface area contributed by atoms with Crippen LogP contribution in [0.3, 0.4) is 0 Å². The molecule has 0 radical (unpaired) electrons. The Morgan fingerprint density at radius 2 is 2.18 bits per heavy atom. The van der Waals surface area contributed by atoms with E-state index in [0.29, 0.717) is 11.8 Å². The fourth-order valence-electron chi connectivity index (χ4n) is 0.524. The van der Waals surface area contributed by atoms with Crippen LogP contribution in [-0.2, 0) is 9.59 Å².